The van der Waals surface area contributed by atoms with Gasteiger partial charge in [-0.2, -0.15) is 0 Å². The van der Waals surface area contributed by atoms with Crippen LogP contribution in [0, 0.1) is 6.92 Å². The van der Waals surface area contributed by atoms with Crippen LogP contribution in [0.1, 0.15) is 46.1 Å². The topological polar surface area (TPSA) is 40.6 Å². The van der Waals surface area contributed by atoms with E-state index in [1.807, 2.05) is 13.0 Å². The second-order valence-electron chi connectivity index (χ2n) is 6.80. The largest absolute Gasteiger partial charge is 0.496 e. The van der Waals surface area contributed by atoms with E-state index in [9.17, 15) is 0 Å². The van der Waals surface area contributed by atoms with Gasteiger partial charge in [0, 0.05) is 17.2 Å². The lowest BCUT2D eigenvalue weighted by Crippen LogP contribution is -2.41. The van der Waals surface area contributed by atoms with Crippen molar-refractivity contribution in [2.24, 2.45) is 0 Å². The Balaban J connectivity index is 1.79. The molecule has 1 aliphatic heterocycles. The molecule has 2 heterocycles. The predicted octanol–water partition coefficient (Wildman–Crippen LogP) is 2.23. The summed E-state index contributed by atoms with van der Waals surface area (Å²) in [4.78, 5) is 4.42. The first kappa shape index (κ1) is 13.9. The molecule has 0 N–H and O–H groups in total. The molecular weight excluding hydrogens is 253 g/mol. The molecule has 1 aliphatic carbocycles. The van der Waals surface area contributed by atoms with E-state index in [0.717, 1.165) is 29.7 Å². The molecule has 0 atom stereocenters. The molecule has 0 amide bonds. The van der Waals surface area contributed by atoms with Crippen molar-refractivity contribution >= 4 is 12.6 Å². The third-order valence-electron chi connectivity index (χ3n) is 4.38. The minimum atomic E-state index is -0.360. The third-order valence-corrected chi connectivity index (χ3v) is 4.38. The zero-order chi connectivity index (χ0) is 14.5. The Morgan fingerprint density at radius 2 is 1.80 bits per heavy atom. The molecule has 2 fully saturated rings. The van der Waals surface area contributed by atoms with E-state index in [4.69, 9.17) is 14.0 Å². The maximum atomic E-state index is 6.04. The SMILES string of the molecule is Cc1cc(B2OC(C)(C)C(C)(C)O2)cnc1OC1CC1. The second kappa shape index (κ2) is 4.47. The Bertz CT molecular complexity index is 510. The van der Waals surface area contributed by atoms with Gasteiger partial charge in [-0.25, -0.2) is 4.98 Å². The van der Waals surface area contributed by atoms with Gasteiger partial charge in [-0.1, -0.05) is 6.07 Å². The minimum Gasteiger partial charge on any atom is -0.474 e. The standard InChI is InChI=1S/C15H22BNO3/c1-10-8-11(9-17-13(10)18-12-6-7-12)16-19-14(2,3)15(4,5)20-16/h8-9,12H,6-7H2,1-5H3. The van der Waals surface area contributed by atoms with Crippen molar-refractivity contribution in [3.63, 3.8) is 0 Å². The summed E-state index contributed by atoms with van der Waals surface area (Å²) in [5.74, 6) is 0.729. The van der Waals surface area contributed by atoms with Gasteiger partial charge in [-0.15, -0.1) is 0 Å². The van der Waals surface area contributed by atoms with Crippen molar-refractivity contribution < 1.29 is 14.0 Å². The lowest BCUT2D eigenvalue weighted by molar-refractivity contribution is 0.00578. The van der Waals surface area contributed by atoms with Crippen molar-refractivity contribution in [1.82, 2.24) is 4.98 Å². The average Bonchev–Trinajstić information content (AvgIpc) is 3.10. The summed E-state index contributed by atoms with van der Waals surface area (Å²) in [6.45, 7) is 10.2. The van der Waals surface area contributed by atoms with Crippen LogP contribution in [-0.4, -0.2) is 29.4 Å². The van der Waals surface area contributed by atoms with E-state index in [1.54, 1.807) is 6.20 Å². The summed E-state index contributed by atoms with van der Waals surface area (Å²) in [6.07, 6.45) is 4.44. The molecule has 3 rings (SSSR count). The molecule has 0 aromatic carbocycles. The van der Waals surface area contributed by atoms with Gasteiger partial charge >= 0.3 is 7.12 Å². The number of aromatic nitrogens is 1. The molecular formula is C15H22BNO3. The molecule has 1 aromatic heterocycles. The molecule has 2 aliphatic rings. The van der Waals surface area contributed by atoms with Crippen LogP contribution in [0.5, 0.6) is 5.88 Å². The number of aryl methyl sites for hydroxylation is 1. The molecule has 0 bridgehead atoms. The number of pyridine rings is 1. The van der Waals surface area contributed by atoms with Crippen LogP contribution in [0.15, 0.2) is 12.3 Å². The van der Waals surface area contributed by atoms with Crippen LogP contribution in [-0.2, 0) is 9.31 Å². The van der Waals surface area contributed by atoms with Gasteiger partial charge in [-0.05, 0) is 47.5 Å². The normalized spacial score (nSPS) is 23.9. The highest BCUT2D eigenvalue weighted by molar-refractivity contribution is 6.62. The fourth-order valence-electron chi connectivity index (χ4n) is 2.16. The fraction of sp³-hybridized carbons (Fsp3) is 0.667. The van der Waals surface area contributed by atoms with Crippen LogP contribution in [0.25, 0.3) is 0 Å². The minimum absolute atomic E-state index is 0.325. The van der Waals surface area contributed by atoms with E-state index >= 15 is 0 Å². The lowest BCUT2D eigenvalue weighted by Gasteiger charge is -2.32. The Morgan fingerprint density at radius 3 is 2.30 bits per heavy atom. The zero-order valence-electron chi connectivity index (χ0n) is 12.9. The smallest absolute Gasteiger partial charge is 0.474 e. The van der Waals surface area contributed by atoms with Gasteiger partial charge in [-0.3, -0.25) is 0 Å². The van der Waals surface area contributed by atoms with Crippen molar-refractivity contribution in [3.8, 4) is 5.88 Å². The van der Waals surface area contributed by atoms with Crippen molar-refractivity contribution in [1.29, 1.82) is 0 Å². The number of ether oxygens (including phenoxy) is 1. The zero-order valence-corrected chi connectivity index (χ0v) is 12.9. The number of hydrogen-bond donors (Lipinski definition) is 0. The van der Waals surface area contributed by atoms with Crippen LogP contribution >= 0.6 is 0 Å². The van der Waals surface area contributed by atoms with Gasteiger partial charge in [0.1, 0.15) is 6.10 Å². The maximum absolute atomic E-state index is 6.04. The highest BCUT2D eigenvalue weighted by Gasteiger charge is 2.51. The molecule has 0 spiro atoms. The summed E-state index contributed by atoms with van der Waals surface area (Å²) in [5, 5.41) is 0. The molecule has 108 valence electrons. The van der Waals surface area contributed by atoms with Gasteiger partial charge in [0.25, 0.3) is 0 Å². The molecule has 20 heavy (non-hydrogen) atoms. The van der Waals surface area contributed by atoms with E-state index in [0.29, 0.717) is 6.10 Å². The van der Waals surface area contributed by atoms with Crippen molar-refractivity contribution in [2.75, 3.05) is 0 Å². The molecule has 4 nitrogen and oxygen atoms in total. The van der Waals surface area contributed by atoms with Crippen molar-refractivity contribution in [3.05, 3.63) is 17.8 Å². The van der Waals surface area contributed by atoms with E-state index in [1.165, 1.54) is 0 Å². The van der Waals surface area contributed by atoms with Gasteiger partial charge in [0.05, 0.1) is 11.2 Å². The molecule has 1 saturated carbocycles. The quantitative estimate of drug-likeness (QED) is 0.793. The van der Waals surface area contributed by atoms with Crippen LogP contribution in [0.4, 0.5) is 0 Å². The number of nitrogens with zero attached hydrogens (tertiary/aromatic N) is 1. The Kier molecular flexibility index (Phi) is 3.10. The maximum Gasteiger partial charge on any atom is 0.496 e. The lowest BCUT2D eigenvalue weighted by atomic mass is 9.80. The van der Waals surface area contributed by atoms with Crippen LogP contribution in [0.3, 0.4) is 0 Å². The van der Waals surface area contributed by atoms with Crippen LogP contribution < -0.4 is 10.2 Å². The van der Waals surface area contributed by atoms with Gasteiger partial charge in [0.2, 0.25) is 5.88 Å². The summed E-state index contributed by atoms with van der Waals surface area (Å²) >= 11 is 0. The average molecular weight is 275 g/mol. The number of rotatable bonds is 3. The molecule has 1 saturated heterocycles. The first-order chi connectivity index (χ1) is 9.28. The van der Waals surface area contributed by atoms with Gasteiger partial charge < -0.3 is 14.0 Å². The van der Waals surface area contributed by atoms with Crippen molar-refractivity contribution in [2.45, 2.75) is 64.8 Å². The second-order valence-corrected chi connectivity index (χ2v) is 6.80. The van der Waals surface area contributed by atoms with Crippen LogP contribution in [0.2, 0.25) is 0 Å². The Hall–Kier alpha value is -1.07. The monoisotopic (exact) mass is 275 g/mol. The van der Waals surface area contributed by atoms with E-state index in [-0.39, 0.29) is 18.3 Å². The first-order valence-corrected chi connectivity index (χ1v) is 7.27. The summed E-state index contributed by atoms with van der Waals surface area (Å²) in [6, 6.07) is 2.05. The molecule has 0 unspecified atom stereocenters. The summed E-state index contributed by atoms with van der Waals surface area (Å²) < 4.78 is 17.8. The summed E-state index contributed by atoms with van der Waals surface area (Å²) in [7, 11) is -0.360. The Morgan fingerprint density at radius 1 is 1.20 bits per heavy atom. The fourth-order valence-corrected chi connectivity index (χ4v) is 2.16. The molecule has 1 aromatic rings. The predicted molar refractivity (Wildman–Crippen MR) is 78.3 cm³/mol. The van der Waals surface area contributed by atoms with E-state index < -0.39 is 0 Å². The summed E-state index contributed by atoms with van der Waals surface area (Å²) in [5.41, 5.74) is 1.33. The first-order valence-electron chi connectivity index (χ1n) is 7.27. The molecule has 0 radical (unpaired) electrons. The Labute approximate surface area is 121 Å². The van der Waals surface area contributed by atoms with Gasteiger partial charge in [0.15, 0.2) is 0 Å². The number of hydrogen-bond acceptors (Lipinski definition) is 4. The highest BCUT2D eigenvalue weighted by atomic mass is 16.7. The highest BCUT2D eigenvalue weighted by Crippen LogP contribution is 2.36. The third kappa shape index (κ3) is 2.45. The van der Waals surface area contributed by atoms with E-state index in [2.05, 4.69) is 32.7 Å². The molecule has 5 heteroatoms.